The predicted molar refractivity (Wildman–Crippen MR) is 214 cm³/mol. The molecule has 0 saturated carbocycles. The first-order valence-electron chi connectivity index (χ1n) is 19.0. The van der Waals surface area contributed by atoms with Gasteiger partial charge in [0.15, 0.2) is 5.50 Å². The number of imide groups is 1. The zero-order valence-corrected chi connectivity index (χ0v) is 33.5. The highest BCUT2D eigenvalue weighted by Gasteiger charge is 2.52. The van der Waals surface area contributed by atoms with E-state index >= 15 is 0 Å². The molecule has 3 N–H and O–H groups in total. The lowest BCUT2D eigenvalue weighted by Gasteiger charge is -2.39. The molecule has 3 aliphatic heterocycles. The number of nitrogens with one attached hydrogen (secondary N) is 3. The van der Waals surface area contributed by atoms with E-state index in [-0.39, 0.29) is 42.4 Å². The minimum absolute atomic E-state index is 0.0298. The summed E-state index contributed by atoms with van der Waals surface area (Å²) in [6.07, 6.45) is -2.01. The Balaban J connectivity index is 1.01. The molecule has 3 fully saturated rings. The number of alkyl halides is 3. The molecule has 3 atom stereocenters. The Morgan fingerprint density at radius 3 is 2.55 bits per heavy atom. The number of ether oxygens (including phenoxy) is 1. The molecule has 0 aliphatic carbocycles. The Morgan fingerprint density at radius 2 is 1.86 bits per heavy atom. The van der Waals surface area contributed by atoms with E-state index in [9.17, 15) is 37.6 Å². The fourth-order valence-corrected chi connectivity index (χ4v) is 8.17. The average Bonchev–Trinajstić information content (AvgIpc) is 3.35. The standard InChI is InChI=1S/C40H46F3N9O5S/c1-5-25-17-30(52-38(58)51(37(56)39(52,3)4)29-10-9-26(20-44)31(19-29)40(41,42)43)21-45-36(25)57-16-15-49-13-14-50(24(2)22-49)23-34(54)47-28-8-6-7-27(18-28)46-32-11-12-33(53)48-35(32)55/h6-10,17-19,21,24,32,38,46,58H,5,11-16,22-23H2,1-4H3,(H,47,54)(H,48,53,55)/t24-,32?,38+/m1/s1. The van der Waals surface area contributed by atoms with Gasteiger partial charge in [0.2, 0.25) is 23.6 Å². The van der Waals surface area contributed by atoms with Crippen molar-refractivity contribution in [3.8, 4) is 11.9 Å². The van der Waals surface area contributed by atoms with Crippen molar-refractivity contribution in [1.82, 2.24) is 20.1 Å². The predicted octanol–water partition coefficient (Wildman–Crippen LogP) is 4.62. The number of carbonyl (C=O) groups is 4. The van der Waals surface area contributed by atoms with E-state index in [1.807, 2.05) is 13.0 Å². The van der Waals surface area contributed by atoms with Crippen molar-refractivity contribution < 1.29 is 37.1 Å². The summed E-state index contributed by atoms with van der Waals surface area (Å²) in [6, 6.07) is 13.3. The number of nitriles is 1. The highest BCUT2D eigenvalue weighted by molar-refractivity contribution is 7.81. The highest BCUT2D eigenvalue weighted by atomic mass is 32.1. The zero-order valence-electron chi connectivity index (χ0n) is 32.6. The van der Waals surface area contributed by atoms with Gasteiger partial charge >= 0.3 is 6.18 Å². The summed E-state index contributed by atoms with van der Waals surface area (Å²) >= 11 is 4.69. The number of hydrogen-bond donors (Lipinski definition) is 4. The molecule has 4 heterocycles. The molecule has 14 nitrogen and oxygen atoms in total. The van der Waals surface area contributed by atoms with Crippen LogP contribution in [0.15, 0.2) is 54.7 Å². The minimum atomic E-state index is -4.79. The maximum Gasteiger partial charge on any atom is 0.417 e. The number of carbonyl (C=O) groups excluding carboxylic acids is 4. The average molecular weight is 822 g/mol. The number of nitrogens with zero attached hydrogens (tertiary/aromatic N) is 6. The number of aryl methyl sites for hydroxylation is 1. The second kappa shape index (κ2) is 17.2. The maximum atomic E-state index is 13.8. The molecule has 0 radical (unpaired) electrons. The first kappa shape index (κ1) is 42.2. The first-order valence-corrected chi connectivity index (χ1v) is 19.5. The summed E-state index contributed by atoms with van der Waals surface area (Å²) in [5, 5.41) is 17.6. The Kier molecular flexibility index (Phi) is 12.5. The number of benzene rings is 2. The van der Waals surface area contributed by atoms with Crippen LogP contribution < -0.4 is 30.5 Å². The number of rotatable bonds is 12. The smallest absolute Gasteiger partial charge is 0.417 e. The number of amides is 4. The summed E-state index contributed by atoms with van der Waals surface area (Å²) in [5.74, 6) is -0.849. The number of anilines is 4. The van der Waals surface area contributed by atoms with Crippen molar-refractivity contribution in [2.75, 3.05) is 59.8 Å². The van der Waals surface area contributed by atoms with E-state index < -0.39 is 40.3 Å². The minimum Gasteiger partial charge on any atom is -0.476 e. The van der Waals surface area contributed by atoms with Crippen molar-refractivity contribution in [3.05, 3.63) is 71.4 Å². The van der Waals surface area contributed by atoms with Crippen molar-refractivity contribution in [3.63, 3.8) is 0 Å². The fourth-order valence-electron chi connectivity index (χ4n) is 7.51. The second-order valence-electron chi connectivity index (χ2n) is 15.0. The van der Waals surface area contributed by atoms with Gasteiger partial charge in [-0.15, -0.1) is 12.6 Å². The van der Waals surface area contributed by atoms with E-state index in [4.69, 9.17) is 17.4 Å². The van der Waals surface area contributed by atoms with E-state index in [2.05, 4.69) is 37.7 Å². The van der Waals surface area contributed by atoms with Gasteiger partial charge in [0.1, 0.15) is 18.2 Å². The summed E-state index contributed by atoms with van der Waals surface area (Å²) in [5.41, 5.74) is -1.30. The van der Waals surface area contributed by atoms with Crippen LogP contribution in [0.1, 0.15) is 57.2 Å². The van der Waals surface area contributed by atoms with Crippen LogP contribution in [0.25, 0.3) is 0 Å². The maximum absolute atomic E-state index is 13.8. The van der Waals surface area contributed by atoms with E-state index in [1.165, 1.54) is 11.0 Å². The lowest BCUT2D eigenvalue weighted by Crippen LogP contribution is -2.54. The van der Waals surface area contributed by atoms with Crippen LogP contribution in [0.4, 0.5) is 35.9 Å². The van der Waals surface area contributed by atoms with Crippen molar-refractivity contribution >= 4 is 59.0 Å². The van der Waals surface area contributed by atoms with Gasteiger partial charge in [-0.2, -0.15) is 18.4 Å². The van der Waals surface area contributed by atoms with Crippen LogP contribution in [0.2, 0.25) is 0 Å². The lowest BCUT2D eigenvalue weighted by molar-refractivity contribution is -0.138. The Labute approximate surface area is 340 Å². The molecule has 2 aromatic carbocycles. The first-order chi connectivity index (χ1) is 27.5. The molecular weight excluding hydrogens is 776 g/mol. The van der Waals surface area contributed by atoms with Crippen LogP contribution >= 0.6 is 12.6 Å². The van der Waals surface area contributed by atoms with Gasteiger partial charge in [-0.1, -0.05) is 13.0 Å². The molecule has 58 heavy (non-hydrogen) atoms. The molecule has 3 aliphatic rings. The van der Waals surface area contributed by atoms with E-state index in [0.29, 0.717) is 55.5 Å². The SMILES string of the molecule is CCc1cc(N2[C@@H](S)N(c3ccc(C#N)c(C(F)(F)F)c3)C(=O)C2(C)C)cnc1OCCN1CCN(CC(=O)Nc2cccc(NC3CCC(=O)NC3=O)c2)[C@H](C)C1. The number of pyridine rings is 1. The van der Waals surface area contributed by atoms with Gasteiger partial charge in [-0.3, -0.25) is 39.2 Å². The molecule has 3 aromatic rings. The molecule has 18 heteroatoms. The van der Waals surface area contributed by atoms with Crippen molar-refractivity contribution in [2.45, 2.75) is 76.3 Å². The number of piperidine rings is 1. The quantitative estimate of drug-likeness (QED) is 0.149. The highest BCUT2D eigenvalue weighted by Crippen LogP contribution is 2.43. The van der Waals surface area contributed by atoms with Crippen LogP contribution in [0.5, 0.6) is 5.88 Å². The van der Waals surface area contributed by atoms with Crippen LogP contribution in [-0.4, -0.2) is 101 Å². The van der Waals surface area contributed by atoms with Crippen LogP contribution in [-0.2, 0) is 31.8 Å². The molecule has 1 unspecified atom stereocenters. The number of thiol groups is 1. The monoisotopic (exact) mass is 821 g/mol. The van der Waals surface area contributed by atoms with Crippen molar-refractivity contribution in [1.29, 1.82) is 5.26 Å². The third-order valence-corrected chi connectivity index (χ3v) is 11.1. The van der Waals surface area contributed by atoms with E-state index in [0.717, 1.165) is 30.8 Å². The summed E-state index contributed by atoms with van der Waals surface area (Å²) < 4.78 is 47.5. The lowest BCUT2D eigenvalue weighted by atomic mass is 10.0. The molecule has 0 spiro atoms. The van der Waals surface area contributed by atoms with Gasteiger partial charge in [-0.05, 0) is 76.1 Å². The molecule has 1 aromatic heterocycles. The topological polar surface area (TPSA) is 163 Å². The summed E-state index contributed by atoms with van der Waals surface area (Å²) in [6.45, 7) is 10.6. The van der Waals surface area contributed by atoms with Gasteiger partial charge in [0.25, 0.3) is 5.91 Å². The van der Waals surface area contributed by atoms with Crippen LogP contribution in [0, 0.1) is 11.3 Å². The number of piperazine rings is 1. The molecule has 6 rings (SSSR count). The second-order valence-corrected chi connectivity index (χ2v) is 15.5. The van der Waals surface area contributed by atoms with E-state index in [1.54, 1.807) is 55.3 Å². The van der Waals surface area contributed by atoms with Gasteiger partial charge in [0.05, 0.1) is 35.6 Å². The third-order valence-electron chi connectivity index (χ3n) is 10.7. The number of hydrogen-bond acceptors (Lipinski definition) is 12. The van der Waals surface area contributed by atoms with Gasteiger partial charge in [0, 0.05) is 61.3 Å². The molecule has 4 amide bonds. The Hall–Kier alpha value is -5.38. The molecule has 0 bridgehead atoms. The summed E-state index contributed by atoms with van der Waals surface area (Å²) in [4.78, 5) is 62.2. The molecular formula is C40H46F3N9O5S. The van der Waals surface area contributed by atoms with Crippen molar-refractivity contribution in [2.24, 2.45) is 0 Å². The Morgan fingerprint density at radius 1 is 1.10 bits per heavy atom. The Bertz CT molecular complexity index is 2110. The van der Waals surface area contributed by atoms with Crippen LogP contribution in [0.3, 0.4) is 0 Å². The summed E-state index contributed by atoms with van der Waals surface area (Å²) in [7, 11) is 0. The van der Waals surface area contributed by atoms with Gasteiger partial charge < -0.3 is 20.3 Å². The molecule has 308 valence electrons. The third kappa shape index (κ3) is 9.16. The fraction of sp³-hybridized carbons (Fsp3) is 0.450. The normalized spacial score (nSPS) is 21.4. The molecule has 3 saturated heterocycles. The number of halogens is 3. The number of aromatic nitrogens is 1. The largest absolute Gasteiger partial charge is 0.476 e. The zero-order chi connectivity index (χ0) is 41.9. The van der Waals surface area contributed by atoms with Gasteiger partial charge in [-0.25, -0.2) is 4.98 Å².